The lowest BCUT2D eigenvalue weighted by atomic mass is 10.1. The first kappa shape index (κ1) is 14.7. The predicted molar refractivity (Wildman–Crippen MR) is 73.2 cm³/mol. The molecule has 0 spiro atoms. The molecule has 1 aliphatic heterocycles. The molecule has 1 aromatic carbocycles. The molecule has 1 fully saturated rings. The summed E-state index contributed by atoms with van der Waals surface area (Å²) < 4.78 is 38.0. The minimum absolute atomic E-state index is 0.238. The Hall–Kier alpha value is -0.680. The minimum atomic E-state index is -4.26. The van der Waals surface area contributed by atoms with Gasteiger partial charge in [0.25, 0.3) is 0 Å². The van der Waals surface area contributed by atoms with Gasteiger partial charge in [-0.1, -0.05) is 18.2 Å². The van der Waals surface area contributed by atoms with Crippen molar-refractivity contribution >= 4 is 11.8 Å². The van der Waals surface area contributed by atoms with Crippen LogP contribution in [0.3, 0.4) is 0 Å². The van der Waals surface area contributed by atoms with E-state index >= 15 is 0 Å². The van der Waals surface area contributed by atoms with Crippen LogP contribution in [-0.2, 0) is 12.7 Å². The second-order valence-electron chi connectivity index (χ2n) is 5.20. The van der Waals surface area contributed by atoms with Gasteiger partial charge in [-0.2, -0.15) is 24.9 Å². The summed E-state index contributed by atoms with van der Waals surface area (Å²) in [6, 6.07) is 5.52. The fourth-order valence-electron chi connectivity index (χ4n) is 2.31. The highest BCUT2D eigenvalue weighted by molar-refractivity contribution is 8.00. The average Bonchev–Trinajstić information content (AvgIpc) is 2.76. The molecule has 0 saturated carbocycles. The lowest BCUT2D eigenvalue weighted by molar-refractivity contribution is -0.137. The molecule has 0 radical (unpaired) electrons. The number of thioether (sulfide) groups is 1. The van der Waals surface area contributed by atoms with Crippen molar-refractivity contribution < 1.29 is 13.2 Å². The standard InChI is InChI=1S/C14H18F3NS/c1-13(6-3-7-19-13)10-18-9-11-4-2-5-12(8-11)14(15,16)17/h2,4-5,8,18H,3,6-7,9-10H2,1H3. The van der Waals surface area contributed by atoms with Crippen LogP contribution in [0.25, 0.3) is 0 Å². The van der Waals surface area contributed by atoms with Crippen LogP contribution < -0.4 is 5.32 Å². The third-order valence-corrected chi connectivity index (χ3v) is 4.92. The first-order valence-electron chi connectivity index (χ1n) is 6.40. The fourth-order valence-corrected chi connectivity index (χ4v) is 3.58. The Bertz CT molecular complexity index is 425. The van der Waals surface area contributed by atoms with E-state index in [-0.39, 0.29) is 4.75 Å². The molecular weight excluding hydrogens is 271 g/mol. The maximum absolute atomic E-state index is 12.6. The molecule has 1 N–H and O–H groups in total. The van der Waals surface area contributed by atoms with E-state index in [0.717, 1.165) is 12.6 Å². The van der Waals surface area contributed by atoms with Crippen molar-refractivity contribution in [1.82, 2.24) is 5.32 Å². The van der Waals surface area contributed by atoms with Gasteiger partial charge in [-0.05, 0) is 37.1 Å². The quantitative estimate of drug-likeness (QED) is 0.896. The molecule has 106 valence electrons. The number of benzene rings is 1. The SMILES string of the molecule is CC1(CNCc2cccc(C(F)(F)F)c2)CCCS1. The van der Waals surface area contributed by atoms with Gasteiger partial charge in [-0.3, -0.25) is 0 Å². The van der Waals surface area contributed by atoms with Crippen LogP contribution in [0.2, 0.25) is 0 Å². The van der Waals surface area contributed by atoms with Gasteiger partial charge >= 0.3 is 6.18 Å². The molecule has 1 aromatic rings. The smallest absolute Gasteiger partial charge is 0.311 e. The minimum Gasteiger partial charge on any atom is -0.311 e. The van der Waals surface area contributed by atoms with Crippen molar-refractivity contribution in [1.29, 1.82) is 0 Å². The van der Waals surface area contributed by atoms with Crippen LogP contribution in [0, 0.1) is 0 Å². The maximum Gasteiger partial charge on any atom is 0.416 e. The Morgan fingerprint density at radius 3 is 2.79 bits per heavy atom. The number of nitrogens with one attached hydrogen (secondary N) is 1. The van der Waals surface area contributed by atoms with E-state index in [4.69, 9.17) is 0 Å². The Morgan fingerprint density at radius 1 is 1.37 bits per heavy atom. The van der Waals surface area contributed by atoms with Crippen LogP contribution in [-0.4, -0.2) is 17.0 Å². The molecule has 0 bridgehead atoms. The Labute approximate surface area is 116 Å². The van der Waals surface area contributed by atoms with E-state index in [1.807, 2.05) is 11.8 Å². The second-order valence-corrected chi connectivity index (χ2v) is 6.89. The number of halogens is 3. The summed E-state index contributed by atoms with van der Waals surface area (Å²) in [4.78, 5) is 0. The highest BCUT2D eigenvalue weighted by Gasteiger charge is 2.31. The Morgan fingerprint density at radius 2 is 2.16 bits per heavy atom. The summed E-state index contributed by atoms with van der Waals surface area (Å²) in [5.41, 5.74) is 0.106. The predicted octanol–water partition coefficient (Wildman–Crippen LogP) is 4.08. The summed E-state index contributed by atoms with van der Waals surface area (Å²) in [7, 11) is 0. The van der Waals surface area contributed by atoms with Crippen molar-refractivity contribution in [2.45, 2.75) is 37.2 Å². The lowest BCUT2D eigenvalue weighted by Crippen LogP contribution is -2.32. The molecule has 1 unspecified atom stereocenters. The molecule has 19 heavy (non-hydrogen) atoms. The van der Waals surface area contributed by atoms with Gasteiger partial charge in [0.05, 0.1) is 5.56 Å². The summed E-state index contributed by atoms with van der Waals surface area (Å²) >= 11 is 1.94. The maximum atomic E-state index is 12.6. The zero-order chi connectivity index (χ0) is 13.9. The topological polar surface area (TPSA) is 12.0 Å². The monoisotopic (exact) mass is 289 g/mol. The molecule has 5 heteroatoms. The van der Waals surface area contributed by atoms with Crippen LogP contribution in [0.1, 0.15) is 30.9 Å². The first-order valence-corrected chi connectivity index (χ1v) is 7.38. The van der Waals surface area contributed by atoms with E-state index in [2.05, 4.69) is 12.2 Å². The lowest BCUT2D eigenvalue weighted by Gasteiger charge is -2.23. The molecular formula is C14H18F3NS. The van der Waals surface area contributed by atoms with Gasteiger partial charge in [0, 0.05) is 17.8 Å². The molecule has 1 atom stereocenters. The van der Waals surface area contributed by atoms with Crippen LogP contribution in [0.5, 0.6) is 0 Å². The molecule has 0 aromatic heterocycles. The largest absolute Gasteiger partial charge is 0.416 e. The van der Waals surface area contributed by atoms with Crippen molar-refractivity contribution in [2.24, 2.45) is 0 Å². The van der Waals surface area contributed by atoms with E-state index in [1.54, 1.807) is 6.07 Å². The van der Waals surface area contributed by atoms with E-state index in [1.165, 1.54) is 30.7 Å². The van der Waals surface area contributed by atoms with Crippen LogP contribution in [0.4, 0.5) is 13.2 Å². The van der Waals surface area contributed by atoms with E-state index in [0.29, 0.717) is 12.1 Å². The van der Waals surface area contributed by atoms with Crippen LogP contribution in [0.15, 0.2) is 24.3 Å². The first-order chi connectivity index (χ1) is 8.89. The second kappa shape index (κ2) is 5.75. The van der Waals surface area contributed by atoms with E-state index in [9.17, 15) is 13.2 Å². The molecule has 1 nitrogen and oxygen atoms in total. The number of rotatable bonds is 4. The van der Waals surface area contributed by atoms with Crippen molar-refractivity contribution in [3.8, 4) is 0 Å². The third-order valence-electron chi connectivity index (χ3n) is 3.38. The van der Waals surface area contributed by atoms with Gasteiger partial charge in [0.2, 0.25) is 0 Å². The van der Waals surface area contributed by atoms with Gasteiger partial charge in [0.15, 0.2) is 0 Å². The van der Waals surface area contributed by atoms with Crippen molar-refractivity contribution in [3.63, 3.8) is 0 Å². The van der Waals surface area contributed by atoms with Crippen molar-refractivity contribution in [2.75, 3.05) is 12.3 Å². The van der Waals surface area contributed by atoms with Gasteiger partial charge in [0.1, 0.15) is 0 Å². The summed E-state index contributed by atoms with van der Waals surface area (Å²) in [6.45, 7) is 3.54. The fraction of sp³-hybridized carbons (Fsp3) is 0.571. The Balaban J connectivity index is 1.89. The molecule has 1 heterocycles. The van der Waals surface area contributed by atoms with Gasteiger partial charge in [-0.25, -0.2) is 0 Å². The zero-order valence-corrected chi connectivity index (χ0v) is 11.7. The highest BCUT2D eigenvalue weighted by atomic mass is 32.2. The summed E-state index contributed by atoms with van der Waals surface area (Å²) in [6.07, 6.45) is -1.86. The van der Waals surface area contributed by atoms with Gasteiger partial charge < -0.3 is 5.32 Å². The van der Waals surface area contributed by atoms with Crippen molar-refractivity contribution in [3.05, 3.63) is 35.4 Å². The highest BCUT2D eigenvalue weighted by Crippen LogP contribution is 2.37. The molecule has 2 rings (SSSR count). The molecule has 1 saturated heterocycles. The molecule has 0 amide bonds. The summed E-state index contributed by atoms with van der Waals surface area (Å²) in [5, 5.41) is 3.27. The number of alkyl halides is 3. The van der Waals surface area contributed by atoms with Crippen LogP contribution >= 0.6 is 11.8 Å². The summed E-state index contributed by atoms with van der Waals surface area (Å²) in [5.74, 6) is 1.18. The molecule has 0 aliphatic carbocycles. The van der Waals surface area contributed by atoms with E-state index < -0.39 is 11.7 Å². The Kier molecular flexibility index (Phi) is 4.46. The average molecular weight is 289 g/mol. The van der Waals surface area contributed by atoms with Gasteiger partial charge in [-0.15, -0.1) is 0 Å². The molecule has 1 aliphatic rings. The number of hydrogen-bond acceptors (Lipinski definition) is 2. The zero-order valence-electron chi connectivity index (χ0n) is 10.9. The normalized spacial score (nSPS) is 23.8. The number of hydrogen-bond donors (Lipinski definition) is 1. The third kappa shape index (κ3) is 4.14.